The van der Waals surface area contributed by atoms with Crippen LogP contribution in [-0.2, 0) is 9.47 Å². The summed E-state index contributed by atoms with van der Waals surface area (Å²) < 4.78 is 31.5. The van der Waals surface area contributed by atoms with Gasteiger partial charge in [-0.1, -0.05) is 0 Å². The minimum absolute atomic E-state index is 0.146. The Morgan fingerprint density at radius 2 is 2.18 bits per heavy atom. The summed E-state index contributed by atoms with van der Waals surface area (Å²) >= 11 is 0. The van der Waals surface area contributed by atoms with E-state index in [4.69, 9.17) is 14.2 Å². The van der Waals surface area contributed by atoms with Gasteiger partial charge in [-0.3, -0.25) is 15.0 Å². The maximum Gasteiger partial charge on any atom is 0.329 e. The van der Waals surface area contributed by atoms with Crippen molar-refractivity contribution < 1.29 is 28.2 Å². The zero-order valence-corrected chi connectivity index (χ0v) is 19.2. The van der Waals surface area contributed by atoms with Crippen molar-refractivity contribution in [3.8, 4) is 5.75 Å². The molecule has 5 rings (SSSR count). The second-order valence-corrected chi connectivity index (χ2v) is 9.04. The average Bonchev–Trinajstić information content (AvgIpc) is 3.36. The summed E-state index contributed by atoms with van der Waals surface area (Å²) in [6.45, 7) is 6.91. The molecule has 0 spiro atoms. The van der Waals surface area contributed by atoms with Crippen molar-refractivity contribution in [1.82, 2.24) is 9.97 Å². The number of hydrogen-bond acceptors (Lipinski definition) is 8. The molecule has 180 valence electrons. The van der Waals surface area contributed by atoms with Crippen molar-refractivity contribution in [3.63, 3.8) is 0 Å². The van der Waals surface area contributed by atoms with Gasteiger partial charge >= 0.3 is 6.03 Å². The van der Waals surface area contributed by atoms with Gasteiger partial charge in [-0.25, -0.2) is 19.2 Å². The number of urea groups is 1. The summed E-state index contributed by atoms with van der Waals surface area (Å²) in [7, 11) is 0. The second-order valence-electron chi connectivity index (χ2n) is 9.04. The van der Waals surface area contributed by atoms with Crippen LogP contribution in [0, 0.1) is 5.82 Å². The minimum atomic E-state index is -0.691. The molecule has 0 radical (unpaired) electrons. The van der Waals surface area contributed by atoms with E-state index in [9.17, 15) is 14.0 Å². The van der Waals surface area contributed by atoms with E-state index in [2.05, 4.69) is 15.3 Å². The lowest BCUT2D eigenvalue weighted by Crippen LogP contribution is -2.48. The minimum Gasteiger partial charge on any atom is -0.491 e. The molecule has 2 amide bonds. The molecule has 2 saturated heterocycles. The highest BCUT2D eigenvalue weighted by Crippen LogP contribution is 2.40. The maximum absolute atomic E-state index is 14.4. The van der Waals surface area contributed by atoms with Crippen molar-refractivity contribution in [1.29, 1.82) is 0 Å². The Balaban J connectivity index is 1.33. The number of Topliss-reactive ketones (excluding diaryl/α,β-unsaturated/α-hetero) is 1. The second kappa shape index (κ2) is 8.48. The highest BCUT2D eigenvalue weighted by molar-refractivity contribution is 6.05. The van der Waals surface area contributed by atoms with Gasteiger partial charge in [-0.2, -0.15) is 0 Å². The highest BCUT2D eigenvalue weighted by atomic mass is 19.1. The topological polar surface area (TPSA) is 106 Å². The highest BCUT2D eigenvalue weighted by Gasteiger charge is 2.41. The molecule has 0 aromatic carbocycles. The van der Waals surface area contributed by atoms with E-state index in [0.717, 1.165) is 0 Å². The molecular formula is C23H26FN5O5. The van der Waals surface area contributed by atoms with Crippen molar-refractivity contribution in [2.24, 2.45) is 0 Å². The third-order valence-corrected chi connectivity index (χ3v) is 6.06. The average molecular weight is 471 g/mol. The van der Waals surface area contributed by atoms with Crippen LogP contribution in [0.2, 0.25) is 0 Å². The van der Waals surface area contributed by atoms with Gasteiger partial charge in [0.2, 0.25) is 0 Å². The normalized spacial score (nSPS) is 22.5. The lowest BCUT2D eigenvalue weighted by Gasteiger charge is -2.35. The number of nitrogens with one attached hydrogen (secondary N) is 1. The number of carbonyl (C=O) groups excluding carboxylic acids is 2. The molecule has 1 unspecified atom stereocenters. The van der Waals surface area contributed by atoms with Crippen molar-refractivity contribution >= 4 is 29.1 Å². The number of ketones is 1. The SMILES string of the molecule is CC(=O)c1nc2c(cc1F)N1CCC(C1)N2C(=O)Nc1cc(OC[C@H]2COC(C)(C)O2)ccn1. The van der Waals surface area contributed by atoms with Gasteiger partial charge in [0.25, 0.3) is 0 Å². The Morgan fingerprint density at radius 1 is 1.35 bits per heavy atom. The molecule has 0 saturated carbocycles. The number of pyridine rings is 2. The molecule has 2 aromatic heterocycles. The summed E-state index contributed by atoms with van der Waals surface area (Å²) in [4.78, 5) is 37.1. The molecule has 2 fully saturated rings. The van der Waals surface area contributed by atoms with Crippen LogP contribution in [-0.4, -0.2) is 66.0 Å². The molecule has 5 heterocycles. The predicted molar refractivity (Wildman–Crippen MR) is 121 cm³/mol. The first-order valence-electron chi connectivity index (χ1n) is 11.2. The molecule has 2 atom stereocenters. The zero-order chi connectivity index (χ0) is 24.0. The van der Waals surface area contributed by atoms with Gasteiger partial charge in [0.1, 0.15) is 30.0 Å². The number of rotatable bonds is 5. The summed E-state index contributed by atoms with van der Waals surface area (Å²) in [5, 5.41) is 2.78. The largest absolute Gasteiger partial charge is 0.491 e. The van der Waals surface area contributed by atoms with Crippen LogP contribution in [0.25, 0.3) is 0 Å². The quantitative estimate of drug-likeness (QED) is 0.664. The van der Waals surface area contributed by atoms with E-state index in [1.54, 1.807) is 12.1 Å². The summed E-state index contributed by atoms with van der Waals surface area (Å²) in [5.41, 5.74) is 0.215. The molecule has 10 nitrogen and oxygen atoms in total. The summed E-state index contributed by atoms with van der Waals surface area (Å²) in [6, 6.07) is 3.98. The van der Waals surface area contributed by atoms with Gasteiger partial charge in [-0.05, 0) is 26.3 Å². The van der Waals surface area contributed by atoms with Gasteiger partial charge in [0.15, 0.2) is 23.2 Å². The molecule has 3 aliphatic rings. The number of halogens is 1. The van der Waals surface area contributed by atoms with Gasteiger partial charge in [0.05, 0.1) is 18.3 Å². The predicted octanol–water partition coefficient (Wildman–Crippen LogP) is 2.98. The fourth-order valence-electron chi connectivity index (χ4n) is 4.51. The molecule has 1 N–H and O–H groups in total. The van der Waals surface area contributed by atoms with Gasteiger partial charge in [0, 0.05) is 38.3 Å². The number of fused-ring (bicyclic) bond motifs is 4. The molecule has 11 heteroatoms. The number of aromatic nitrogens is 2. The van der Waals surface area contributed by atoms with Crippen LogP contribution >= 0.6 is 0 Å². The maximum atomic E-state index is 14.4. The summed E-state index contributed by atoms with van der Waals surface area (Å²) in [5.74, 6) is -0.744. The van der Waals surface area contributed by atoms with E-state index >= 15 is 0 Å². The van der Waals surface area contributed by atoms with E-state index in [0.29, 0.717) is 50.0 Å². The van der Waals surface area contributed by atoms with Crippen LogP contribution in [0.15, 0.2) is 24.4 Å². The fraction of sp³-hybridized carbons (Fsp3) is 0.478. The first kappa shape index (κ1) is 22.5. The number of ether oxygens (including phenoxy) is 3. The van der Waals surface area contributed by atoms with E-state index in [-0.39, 0.29) is 23.7 Å². The monoisotopic (exact) mass is 471 g/mol. The number of hydrogen-bond donors (Lipinski definition) is 1. The molecule has 0 aliphatic carbocycles. The third kappa shape index (κ3) is 4.28. The van der Waals surface area contributed by atoms with Crippen molar-refractivity contribution in [2.45, 2.75) is 45.1 Å². The lowest BCUT2D eigenvalue weighted by atomic mass is 10.1. The Hall–Kier alpha value is -3.31. The fourth-order valence-corrected chi connectivity index (χ4v) is 4.51. The van der Waals surface area contributed by atoms with Crippen LogP contribution < -0.4 is 19.9 Å². The molecular weight excluding hydrogens is 445 g/mol. The first-order chi connectivity index (χ1) is 16.2. The van der Waals surface area contributed by atoms with Crippen LogP contribution in [0.4, 0.5) is 26.5 Å². The smallest absolute Gasteiger partial charge is 0.329 e. The van der Waals surface area contributed by atoms with Gasteiger partial charge in [-0.15, -0.1) is 0 Å². The van der Waals surface area contributed by atoms with Crippen LogP contribution in [0.5, 0.6) is 5.75 Å². The third-order valence-electron chi connectivity index (χ3n) is 6.06. The number of carbonyl (C=O) groups is 2. The Kier molecular flexibility index (Phi) is 5.61. The Morgan fingerprint density at radius 3 is 2.91 bits per heavy atom. The molecule has 2 aromatic rings. The van der Waals surface area contributed by atoms with E-state index < -0.39 is 23.4 Å². The standard InChI is InChI=1S/C23H26FN5O5/c1-13(30)20-17(24)9-18-21(27-20)29(14-5-7-28(18)10-14)22(31)26-19-8-15(4-6-25-19)32-11-16-12-33-23(2,3)34-16/h4,6,8-9,14,16H,5,7,10-12H2,1-3H3,(H,25,26,31)/t14?,16-/m0/s1. The van der Waals surface area contributed by atoms with Crippen LogP contribution in [0.1, 0.15) is 37.7 Å². The Bertz CT molecular complexity index is 1140. The molecule has 2 bridgehead atoms. The zero-order valence-electron chi connectivity index (χ0n) is 19.2. The summed E-state index contributed by atoms with van der Waals surface area (Å²) in [6.07, 6.45) is 2.04. The number of nitrogens with zero attached hydrogens (tertiary/aromatic N) is 4. The van der Waals surface area contributed by atoms with E-state index in [1.165, 1.54) is 24.1 Å². The van der Waals surface area contributed by atoms with E-state index in [1.807, 2.05) is 18.7 Å². The molecule has 34 heavy (non-hydrogen) atoms. The number of amides is 2. The van der Waals surface area contributed by atoms with Crippen LogP contribution in [0.3, 0.4) is 0 Å². The lowest BCUT2D eigenvalue weighted by molar-refractivity contribution is -0.141. The molecule has 3 aliphatic heterocycles. The Labute approximate surface area is 196 Å². The number of anilines is 3. The van der Waals surface area contributed by atoms with Crippen molar-refractivity contribution in [2.75, 3.05) is 41.4 Å². The van der Waals surface area contributed by atoms with Gasteiger partial charge < -0.3 is 19.1 Å². The van der Waals surface area contributed by atoms with Crippen molar-refractivity contribution in [3.05, 3.63) is 35.9 Å². The first-order valence-corrected chi connectivity index (χ1v) is 11.2.